The second-order valence-electron chi connectivity index (χ2n) is 12.4. The van der Waals surface area contributed by atoms with Crippen LogP contribution in [0.5, 0.6) is 0 Å². The Bertz CT molecular complexity index is 1220. The summed E-state index contributed by atoms with van der Waals surface area (Å²) in [6.45, 7) is 8.31. The van der Waals surface area contributed by atoms with Gasteiger partial charge in [-0.3, -0.25) is 9.59 Å². The van der Waals surface area contributed by atoms with E-state index in [1.165, 1.54) is 5.57 Å². The van der Waals surface area contributed by atoms with Crippen LogP contribution in [-0.4, -0.2) is 28.4 Å². The van der Waals surface area contributed by atoms with Gasteiger partial charge in [0.1, 0.15) is 0 Å². The van der Waals surface area contributed by atoms with Crippen molar-refractivity contribution in [3.8, 4) is 0 Å². The molecule has 0 spiro atoms. The topological polar surface area (TPSA) is 65.0 Å². The fourth-order valence-electron chi connectivity index (χ4n) is 9.17. The van der Waals surface area contributed by atoms with Crippen molar-refractivity contribution in [2.45, 2.75) is 90.1 Å². The number of hydrogen-bond donors (Lipinski definition) is 0. The van der Waals surface area contributed by atoms with Crippen LogP contribution in [0, 0.1) is 28.6 Å². The second kappa shape index (κ2) is 8.01. The summed E-state index contributed by atoms with van der Waals surface area (Å²) < 4.78 is 13.7. The molecule has 6 rings (SSSR count). The number of Topliss-reactive ketones (excluding diaryl/α,β-unsaturated/α-hetero) is 1. The van der Waals surface area contributed by atoms with Crippen LogP contribution in [0.3, 0.4) is 0 Å². The van der Waals surface area contributed by atoms with E-state index in [0.717, 1.165) is 49.8 Å². The molecule has 6 heteroatoms. The molecule has 3 saturated carbocycles. The number of thiocarbonyl (C=S) groups is 1. The number of rotatable bonds is 3. The van der Waals surface area contributed by atoms with Crippen molar-refractivity contribution in [1.82, 2.24) is 0 Å². The van der Waals surface area contributed by atoms with Gasteiger partial charge in [0.15, 0.2) is 23.0 Å². The predicted molar refractivity (Wildman–Crippen MR) is 140 cm³/mol. The summed E-state index contributed by atoms with van der Waals surface area (Å²) in [4.78, 5) is 29.8. The number of carbonyl (C=O) groups is 2. The van der Waals surface area contributed by atoms with Crippen LogP contribution in [0.25, 0.3) is 0 Å². The molecule has 0 N–H and O–H groups in total. The maximum Gasteiger partial charge on any atom is 0.193 e. The van der Waals surface area contributed by atoms with Crippen molar-refractivity contribution in [3.63, 3.8) is 0 Å². The van der Waals surface area contributed by atoms with Crippen LogP contribution in [0.2, 0.25) is 0 Å². The van der Waals surface area contributed by atoms with Gasteiger partial charge in [0.2, 0.25) is 0 Å². The summed E-state index contributed by atoms with van der Waals surface area (Å²) in [6, 6.07) is 7.63. The quantitative estimate of drug-likeness (QED) is 0.348. The van der Waals surface area contributed by atoms with Gasteiger partial charge < -0.3 is 9.47 Å². The number of benzene rings is 1. The van der Waals surface area contributed by atoms with Gasteiger partial charge in [-0.15, -0.1) is 0 Å². The molecular formula is C30H35NO4S. The van der Waals surface area contributed by atoms with Crippen molar-refractivity contribution in [1.29, 1.82) is 0 Å². The Morgan fingerprint density at radius 3 is 2.53 bits per heavy atom. The molecule has 1 aromatic rings. The smallest absolute Gasteiger partial charge is 0.193 e. The number of hydrogen-bond acceptors (Lipinski definition) is 6. The standard InChI is InChI=1S/C30H35NO4S/c1-18(32)30-26(34-29(4,35-30)19-5-8-21(9-6-19)31-17-36)16-25-23-10-7-20-15-22(33)11-13-27(20,2)24(23)12-14-28(25,30)3/h5-6,8-9,15,23-26H,7,10-14,16H2,1-4H3/t23-,24+,25+,26-,27+,28+,29-,30-/m1/s1. The minimum absolute atomic E-state index is 0.0764. The average Bonchev–Trinajstić information content (AvgIpc) is 3.29. The van der Waals surface area contributed by atoms with E-state index in [1.54, 1.807) is 6.92 Å². The number of allylic oxidation sites excluding steroid dienone is 1. The minimum atomic E-state index is -1.00. The lowest BCUT2D eigenvalue weighted by molar-refractivity contribution is -0.227. The van der Waals surface area contributed by atoms with Crippen LogP contribution < -0.4 is 0 Å². The van der Waals surface area contributed by atoms with Crippen molar-refractivity contribution < 1.29 is 19.1 Å². The first-order chi connectivity index (χ1) is 17.1. The highest BCUT2D eigenvalue weighted by Gasteiger charge is 2.75. The molecule has 1 aliphatic heterocycles. The van der Waals surface area contributed by atoms with E-state index >= 15 is 0 Å². The second-order valence-corrected chi connectivity index (χ2v) is 12.5. The molecular weight excluding hydrogens is 470 g/mol. The summed E-state index contributed by atoms with van der Waals surface area (Å²) in [5.74, 6) is 0.797. The molecule has 4 fully saturated rings. The highest BCUT2D eigenvalue weighted by Crippen LogP contribution is 2.71. The van der Waals surface area contributed by atoms with Crippen molar-refractivity contribution in [2.75, 3.05) is 0 Å². The van der Waals surface area contributed by atoms with Crippen molar-refractivity contribution >= 4 is 34.6 Å². The van der Waals surface area contributed by atoms with E-state index in [9.17, 15) is 9.59 Å². The van der Waals surface area contributed by atoms with Crippen LogP contribution in [0.4, 0.5) is 5.69 Å². The van der Waals surface area contributed by atoms with Gasteiger partial charge in [0.25, 0.3) is 0 Å². The van der Waals surface area contributed by atoms with E-state index in [2.05, 4.69) is 24.0 Å². The molecule has 36 heavy (non-hydrogen) atoms. The summed E-state index contributed by atoms with van der Waals surface area (Å²) >= 11 is 4.72. The molecule has 5 aliphatic rings. The average molecular weight is 506 g/mol. The summed E-state index contributed by atoms with van der Waals surface area (Å²) in [7, 11) is 0. The normalized spacial score (nSPS) is 45.0. The summed E-state index contributed by atoms with van der Waals surface area (Å²) in [5, 5.41) is 2.40. The molecule has 190 valence electrons. The first kappa shape index (κ1) is 24.4. The highest BCUT2D eigenvalue weighted by atomic mass is 32.1. The van der Waals surface area contributed by atoms with Gasteiger partial charge in [-0.1, -0.05) is 31.6 Å². The summed E-state index contributed by atoms with van der Waals surface area (Å²) in [6.07, 6.45) is 8.21. The first-order valence-corrected chi connectivity index (χ1v) is 13.8. The molecule has 4 aliphatic carbocycles. The largest absolute Gasteiger partial charge is 0.339 e. The third-order valence-corrected chi connectivity index (χ3v) is 11.0. The van der Waals surface area contributed by atoms with Gasteiger partial charge in [0, 0.05) is 17.4 Å². The molecule has 0 amide bonds. The fraction of sp³-hybridized carbons (Fsp3) is 0.633. The Hall–Kier alpha value is -1.98. The van der Waals surface area contributed by atoms with Crippen molar-refractivity contribution in [3.05, 3.63) is 41.5 Å². The number of nitrogens with zero attached hydrogens (tertiary/aromatic N) is 1. The predicted octanol–water partition coefficient (Wildman–Crippen LogP) is 6.48. The molecule has 1 aromatic carbocycles. The molecule has 0 radical (unpaired) electrons. The highest BCUT2D eigenvalue weighted by molar-refractivity contribution is 7.78. The third kappa shape index (κ3) is 3.08. The minimum Gasteiger partial charge on any atom is -0.339 e. The maximum atomic E-state index is 13.6. The molecule has 5 nitrogen and oxygen atoms in total. The zero-order valence-corrected chi connectivity index (χ0v) is 22.5. The van der Waals surface area contributed by atoms with E-state index in [1.807, 2.05) is 37.3 Å². The summed E-state index contributed by atoms with van der Waals surface area (Å²) in [5.41, 5.74) is 1.83. The molecule has 8 atom stereocenters. The molecule has 1 heterocycles. The number of isothiocyanates is 1. The zero-order chi connectivity index (χ0) is 25.5. The fourth-order valence-corrected chi connectivity index (χ4v) is 9.28. The Balaban J connectivity index is 1.35. The molecule has 0 aromatic heterocycles. The number of ketones is 2. The van der Waals surface area contributed by atoms with E-state index in [0.29, 0.717) is 24.2 Å². The monoisotopic (exact) mass is 505 g/mol. The third-order valence-electron chi connectivity index (χ3n) is 10.9. The Morgan fingerprint density at radius 2 is 1.83 bits per heavy atom. The zero-order valence-electron chi connectivity index (χ0n) is 21.6. The van der Waals surface area contributed by atoms with Crippen LogP contribution >= 0.6 is 12.2 Å². The SMILES string of the molecule is CC(=O)[C@@]12O[C@](C)(c3ccc(N=C=S)cc3)O[C@@H]1C[C@H]1[C@@H]3CCC4=CC(=O)CC[C@]4(C)[C@H]3CC[C@@]12C. The van der Waals surface area contributed by atoms with Crippen LogP contribution in [-0.2, 0) is 24.8 Å². The molecule has 0 bridgehead atoms. The van der Waals surface area contributed by atoms with Crippen molar-refractivity contribution in [2.24, 2.45) is 33.6 Å². The lowest BCUT2D eigenvalue weighted by Crippen LogP contribution is -2.59. The van der Waals surface area contributed by atoms with Gasteiger partial charge in [-0.25, -0.2) is 0 Å². The van der Waals surface area contributed by atoms with E-state index in [-0.39, 0.29) is 28.5 Å². The van der Waals surface area contributed by atoms with Crippen LogP contribution in [0.15, 0.2) is 40.9 Å². The lowest BCUT2D eigenvalue weighted by Gasteiger charge is -2.59. The molecule has 1 saturated heterocycles. The number of aliphatic imine (C=N–C) groups is 1. The van der Waals surface area contributed by atoms with E-state index < -0.39 is 11.4 Å². The Kier molecular flexibility index (Phi) is 5.42. The lowest BCUT2D eigenvalue weighted by atomic mass is 9.46. The number of fused-ring (bicyclic) bond motifs is 7. The van der Waals surface area contributed by atoms with E-state index in [4.69, 9.17) is 21.7 Å². The Morgan fingerprint density at radius 1 is 1.08 bits per heavy atom. The molecule has 0 unspecified atom stereocenters. The van der Waals surface area contributed by atoms with Gasteiger partial charge in [0.05, 0.1) is 17.0 Å². The first-order valence-electron chi connectivity index (χ1n) is 13.4. The van der Waals surface area contributed by atoms with Gasteiger partial charge >= 0.3 is 0 Å². The number of ether oxygens (including phenoxy) is 2. The van der Waals surface area contributed by atoms with Crippen LogP contribution in [0.1, 0.15) is 78.2 Å². The maximum absolute atomic E-state index is 13.6. The Labute approximate surface area is 218 Å². The van der Waals surface area contributed by atoms with Gasteiger partial charge in [-0.2, -0.15) is 4.99 Å². The van der Waals surface area contributed by atoms with Gasteiger partial charge in [-0.05, 0) is 106 Å². The number of carbonyl (C=O) groups excluding carboxylic acids is 2.